The van der Waals surface area contributed by atoms with Crippen molar-refractivity contribution in [2.45, 2.75) is 39.5 Å². The van der Waals surface area contributed by atoms with E-state index in [1.807, 2.05) is 36.9 Å². The van der Waals surface area contributed by atoms with Crippen LogP contribution in [-0.4, -0.2) is 29.3 Å². The number of alkyl halides is 1. The molecule has 0 bridgehead atoms. The third-order valence-electron chi connectivity index (χ3n) is 3.39. The number of carbonyl (C=O) groups excluding carboxylic acids is 1. The predicted molar refractivity (Wildman–Crippen MR) is 76.4 cm³/mol. The highest BCUT2D eigenvalue weighted by atomic mass is 35.5. The summed E-state index contributed by atoms with van der Waals surface area (Å²) in [5.41, 5.74) is 3.06. The number of amides is 1. The SMILES string of the molecule is CC(C)N(CCCCl)C(=O)c1ccc2c(c1)COC2. The Labute approximate surface area is 119 Å². The number of halogens is 1. The molecule has 0 N–H and O–H groups in total. The normalized spacial score (nSPS) is 13.7. The fourth-order valence-corrected chi connectivity index (χ4v) is 2.41. The van der Waals surface area contributed by atoms with Crippen LogP contribution in [0.3, 0.4) is 0 Å². The standard InChI is InChI=1S/C15H20ClNO2/c1-11(2)17(7-3-6-16)15(18)12-4-5-13-9-19-10-14(13)8-12/h4-5,8,11H,3,6-7,9-10H2,1-2H3. The maximum atomic E-state index is 12.5. The molecule has 2 rings (SSSR count). The Hall–Kier alpha value is -1.06. The van der Waals surface area contributed by atoms with Gasteiger partial charge in [0.15, 0.2) is 0 Å². The van der Waals surface area contributed by atoms with Gasteiger partial charge < -0.3 is 9.64 Å². The van der Waals surface area contributed by atoms with E-state index in [4.69, 9.17) is 16.3 Å². The maximum absolute atomic E-state index is 12.5. The van der Waals surface area contributed by atoms with Crippen LogP contribution in [0.2, 0.25) is 0 Å². The molecule has 3 nitrogen and oxygen atoms in total. The Morgan fingerprint density at radius 3 is 2.79 bits per heavy atom. The second-order valence-corrected chi connectivity index (χ2v) is 5.49. The van der Waals surface area contributed by atoms with Gasteiger partial charge in [0.2, 0.25) is 0 Å². The molecule has 1 aliphatic rings. The van der Waals surface area contributed by atoms with Gasteiger partial charge >= 0.3 is 0 Å². The Morgan fingerprint density at radius 2 is 2.11 bits per heavy atom. The molecule has 104 valence electrons. The van der Waals surface area contributed by atoms with E-state index in [1.165, 1.54) is 5.56 Å². The van der Waals surface area contributed by atoms with Crippen molar-refractivity contribution in [3.8, 4) is 0 Å². The van der Waals surface area contributed by atoms with Gasteiger partial charge in [0.1, 0.15) is 0 Å². The molecular weight excluding hydrogens is 262 g/mol. The summed E-state index contributed by atoms with van der Waals surface area (Å²) >= 11 is 5.72. The molecule has 1 aliphatic heterocycles. The Bertz CT molecular complexity index is 459. The average Bonchev–Trinajstić information content (AvgIpc) is 2.85. The van der Waals surface area contributed by atoms with Crippen LogP contribution in [0.1, 0.15) is 41.8 Å². The van der Waals surface area contributed by atoms with Gasteiger partial charge in [-0.1, -0.05) is 6.07 Å². The van der Waals surface area contributed by atoms with Gasteiger partial charge in [-0.3, -0.25) is 4.79 Å². The molecule has 1 aromatic rings. The molecule has 1 amide bonds. The number of carbonyl (C=O) groups is 1. The highest BCUT2D eigenvalue weighted by Gasteiger charge is 2.20. The van der Waals surface area contributed by atoms with Crippen LogP contribution in [0.5, 0.6) is 0 Å². The molecular formula is C15H20ClNO2. The van der Waals surface area contributed by atoms with Gasteiger partial charge in [-0.05, 0) is 43.5 Å². The first kappa shape index (κ1) is 14.4. The van der Waals surface area contributed by atoms with Crippen LogP contribution in [-0.2, 0) is 18.0 Å². The number of nitrogens with zero attached hydrogens (tertiary/aromatic N) is 1. The number of benzene rings is 1. The van der Waals surface area contributed by atoms with Crippen molar-refractivity contribution in [1.82, 2.24) is 4.90 Å². The van der Waals surface area contributed by atoms with E-state index in [-0.39, 0.29) is 11.9 Å². The summed E-state index contributed by atoms with van der Waals surface area (Å²) in [6.07, 6.45) is 0.819. The van der Waals surface area contributed by atoms with Gasteiger partial charge in [-0.15, -0.1) is 11.6 Å². The average molecular weight is 282 g/mol. The van der Waals surface area contributed by atoms with Crippen LogP contribution in [0.15, 0.2) is 18.2 Å². The fraction of sp³-hybridized carbons (Fsp3) is 0.533. The zero-order chi connectivity index (χ0) is 13.8. The molecule has 0 saturated heterocycles. The van der Waals surface area contributed by atoms with Crippen molar-refractivity contribution in [2.75, 3.05) is 12.4 Å². The number of fused-ring (bicyclic) bond motifs is 1. The van der Waals surface area contributed by atoms with Crippen molar-refractivity contribution in [3.05, 3.63) is 34.9 Å². The highest BCUT2D eigenvalue weighted by Crippen LogP contribution is 2.22. The molecule has 1 heterocycles. The molecule has 0 saturated carbocycles. The lowest BCUT2D eigenvalue weighted by molar-refractivity contribution is 0.0706. The Balaban J connectivity index is 2.16. The largest absolute Gasteiger partial charge is 0.372 e. The zero-order valence-electron chi connectivity index (χ0n) is 11.5. The van der Waals surface area contributed by atoms with Crippen molar-refractivity contribution >= 4 is 17.5 Å². The van der Waals surface area contributed by atoms with Gasteiger partial charge in [-0.25, -0.2) is 0 Å². The fourth-order valence-electron chi connectivity index (χ4n) is 2.30. The molecule has 1 aromatic carbocycles. The molecule has 0 aromatic heterocycles. The lowest BCUT2D eigenvalue weighted by atomic mass is 10.0. The van der Waals surface area contributed by atoms with Gasteiger partial charge in [-0.2, -0.15) is 0 Å². The topological polar surface area (TPSA) is 29.5 Å². The number of rotatable bonds is 5. The first-order valence-electron chi connectivity index (χ1n) is 6.70. The van der Waals surface area contributed by atoms with Gasteiger partial charge in [0.25, 0.3) is 5.91 Å². The van der Waals surface area contributed by atoms with Crippen LogP contribution in [0, 0.1) is 0 Å². The lowest BCUT2D eigenvalue weighted by Crippen LogP contribution is -2.37. The van der Waals surface area contributed by atoms with Crippen molar-refractivity contribution in [3.63, 3.8) is 0 Å². The minimum Gasteiger partial charge on any atom is -0.372 e. The number of hydrogen-bond donors (Lipinski definition) is 0. The van der Waals surface area contributed by atoms with Crippen molar-refractivity contribution < 1.29 is 9.53 Å². The van der Waals surface area contributed by atoms with Crippen LogP contribution in [0.25, 0.3) is 0 Å². The summed E-state index contributed by atoms with van der Waals surface area (Å²) < 4.78 is 5.38. The summed E-state index contributed by atoms with van der Waals surface area (Å²) in [7, 11) is 0. The summed E-state index contributed by atoms with van der Waals surface area (Å²) in [5.74, 6) is 0.656. The smallest absolute Gasteiger partial charge is 0.254 e. The summed E-state index contributed by atoms with van der Waals surface area (Å²) in [6, 6.07) is 6.03. The molecule has 4 heteroatoms. The number of hydrogen-bond acceptors (Lipinski definition) is 2. The summed E-state index contributed by atoms with van der Waals surface area (Å²) in [5, 5.41) is 0. The summed E-state index contributed by atoms with van der Waals surface area (Å²) in [6.45, 7) is 6.03. The third-order valence-corrected chi connectivity index (χ3v) is 3.65. The molecule has 19 heavy (non-hydrogen) atoms. The van der Waals surface area contributed by atoms with Crippen LogP contribution < -0.4 is 0 Å². The van der Waals surface area contributed by atoms with Crippen LogP contribution >= 0.6 is 11.6 Å². The molecule has 0 atom stereocenters. The first-order chi connectivity index (χ1) is 9.13. The van der Waals surface area contributed by atoms with Gasteiger partial charge in [0.05, 0.1) is 13.2 Å². The van der Waals surface area contributed by atoms with E-state index >= 15 is 0 Å². The van der Waals surface area contributed by atoms with Gasteiger partial charge in [0, 0.05) is 24.0 Å². The Morgan fingerprint density at radius 1 is 1.37 bits per heavy atom. The minimum atomic E-state index is 0.0785. The summed E-state index contributed by atoms with van der Waals surface area (Å²) in [4.78, 5) is 14.4. The second kappa shape index (κ2) is 6.40. The minimum absolute atomic E-state index is 0.0785. The second-order valence-electron chi connectivity index (χ2n) is 5.11. The lowest BCUT2D eigenvalue weighted by Gasteiger charge is -2.26. The van der Waals surface area contributed by atoms with E-state index in [1.54, 1.807) is 0 Å². The van der Waals surface area contributed by atoms with Crippen molar-refractivity contribution in [1.29, 1.82) is 0 Å². The zero-order valence-corrected chi connectivity index (χ0v) is 12.2. The number of ether oxygens (including phenoxy) is 1. The monoisotopic (exact) mass is 281 g/mol. The molecule has 0 unspecified atom stereocenters. The van der Waals surface area contributed by atoms with E-state index < -0.39 is 0 Å². The van der Waals surface area contributed by atoms with E-state index in [0.717, 1.165) is 17.5 Å². The molecule has 0 fully saturated rings. The van der Waals surface area contributed by atoms with Crippen LogP contribution in [0.4, 0.5) is 0 Å². The molecule has 0 aliphatic carbocycles. The van der Waals surface area contributed by atoms with E-state index in [9.17, 15) is 4.79 Å². The van der Waals surface area contributed by atoms with Crippen molar-refractivity contribution in [2.24, 2.45) is 0 Å². The quantitative estimate of drug-likeness (QED) is 0.776. The third kappa shape index (κ3) is 3.28. The predicted octanol–water partition coefficient (Wildman–Crippen LogP) is 3.20. The molecule has 0 spiro atoms. The highest BCUT2D eigenvalue weighted by molar-refractivity contribution is 6.17. The molecule has 0 radical (unpaired) electrons. The van der Waals surface area contributed by atoms with E-state index in [0.29, 0.717) is 25.6 Å². The Kier molecular flexibility index (Phi) is 4.83. The van der Waals surface area contributed by atoms with E-state index in [2.05, 4.69) is 0 Å². The first-order valence-corrected chi connectivity index (χ1v) is 7.23. The maximum Gasteiger partial charge on any atom is 0.254 e.